The number of nitrogens with zero attached hydrogens (tertiary/aromatic N) is 1. The fourth-order valence-corrected chi connectivity index (χ4v) is 5.15. The van der Waals surface area contributed by atoms with Crippen molar-refractivity contribution in [2.45, 2.75) is 73.8 Å². The Balaban J connectivity index is 2.29. The third kappa shape index (κ3) is 2.71. The number of hydrogen-bond donors (Lipinski definition) is 0. The van der Waals surface area contributed by atoms with E-state index in [-0.39, 0.29) is 0 Å². The average Bonchev–Trinajstić information content (AvgIpc) is 2.62. The van der Waals surface area contributed by atoms with Crippen molar-refractivity contribution >= 4 is 0 Å². The first kappa shape index (κ1) is 16.1. The van der Waals surface area contributed by atoms with Crippen molar-refractivity contribution in [1.82, 2.24) is 4.90 Å². The van der Waals surface area contributed by atoms with E-state index in [1.54, 1.807) is 5.57 Å². The third-order valence-corrected chi connectivity index (χ3v) is 5.79. The van der Waals surface area contributed by atoms with Gasteiger partial charge in [-0.1, -0.05) is 45.8 Å². The summed E-state index contributed by atoms with van der Waals surface area (Å²) in [5, 5.41) is 0. The summed E-state index contributed by atoms with van der Waals surface area (Å²) in [4.78, 5) is 2.67. The molecular weight excluding hydrogens is 242 g/mol. The minimum Gasteiger partial charge on any atom is -0.301 e. The Hall–Kier alpha value is -0.300. The quantitative estimate of drug-likeness (QED) is 0.647. The second-order valence-corrected chi connectivity index (χ2v) is 8.19. The van der Waals surface area contributed by atoms with Crippen LogP contribution in [0, 0.1) is 23.2 Å². The summed E-state index contributed by atoms with van der Waals surface area (Å²) in [6.45, 7) is 19.4. The van der Waals surface area contributed by atoms with Gasteiger partial charge in [0, 0.05) is 6.04 Å². The molecular formula is C19H35N. The van der Waals surface area contributed by atoms with Gasteiger partial charge in [0.25, 0.3) is 0 Å². The minimum atomic E-state index is 0.540. The van der Waals surface area contributed by atoms with Crippen LogP contribution in [0.3, 0.4) is 0 Å². The van der Waals surface area contributed by atoms with Crippen molar-refractivity contribution in [3.05, 3.63) is 11.1 Å². The maximum atomic E-state index is 2.67. The summed E-state index contributed by atoms with van der Waals surface area (Å²) in [6.07, 6.45) is 4.19. The van der Waals surface area contributed by atoms with Crippen molar-refractivity contribution in [3.8, 4) is 0 Å². The zero-order valence-electron chi connectivity index (χ0n) is 14.8. The van der Waals surface area contributed by atoms with Gasteiger partial charge in [0.05, 0.1) is 0 Å². The SMILES string of the molecule is CC(C)C1=C(C(C)C)C2(CCN(C(C)C)CC2)CC1C. The lowest BCUT2D eigenvalue weighted by Crippen LogP contribution is -2.44. The predicted octanol–water partition coefficient (Wildman–Crippen LogP) is 5.13. The van der Waals surface area contributed by atoms with Gasteiger partial charge in [0.15, 0.2) is 0 Å². The van der Waals surface area contributed by atoms with Gasteiger partial charge in [-0.2, -0.15) is 0 Å². The van der Waals surface area contributed by atoms with E-state index < -0.39 is 0 Å². The zero-order valence-corrected chi connectivity index (χ0v) is 14.8. The van der Waals surface area contributed by atoms with Crippen molar-refractivity contribution in [3.63, 3.8) is 0 Å². The molecule has 1 nitrogen and oxygen atoms in total. The number of piperidine rings is 1. The highest BCUT2D eigenvalue weighted by molar-refractivity contribution is 5.34. The molecule has 2 aliphatic rings. The van der Waals surface area contributed by atoms with Crippen LogP contribution in [-0.2, 0) is 0 Å². The van der Waals surface area contributed by atoms with E-state index in [1.165, 1.54) is 32.4 Å². The molecule has 1 fully saturated rings. The highest BCUT2D eigenvalue weighted by Gasteiger charge is 2.46. The Morgan fingerprint density at radius 3 is 1.90 bits per heavy atom. The summed E-state index contributed by atoms with van der Waals surface area (Å²) in [6, 6.07) is 0.710. The first-order valence-electron chi connectivity index (χ1n) is 8.77. The fourth-order valence-electron chi connectivity index (χ4n) is 5.15. The van der Waals surface area contributed by atoms with Gasteiger partial charge in [0.2, 0.25) is 0 Å². The summed E-state index contributed by atoms with van der Waals surface area (Å²) >= 11 is 0. The molecule has 1 aliphatic heterocycles. The smallest absolute Gasteiger partial charge is 0.00386 e. The average molecular weight is 277 g/mol. The number of allylic oxidation sites excluding steroid dienone is 2. The van der Waals surface area contributed by atoms with Crippen molar-refractivity contribution in [2.75, 3.05) is 13.1 Å². The molecule has 0 aromatic rings. The van der Waals surface area contributed by atoms with Crippen LogP contribution in [-0.4, -0.2) is 24.0 Å². The van der Waals surface area contributed by atoms with Crippen LogP contribution in [0.4, 0.5) is 0 Å². The van der Waals surface area contributed by atoms with E-state index in [1.807, 2.05) is 5.57 Å². The van der Waals surface area contributed by atoms with Crippen molar-refractivity contribution < 1.29 is 0 Å². The Kier molecular flexibility index (Phi) is 4.69. The fraction of sp³-hybridized carbons (Fsp3) is 0.895. The monoisotopic (exact) mass is 277 g/mol. The molecule has 0 amide bonds. The molecule has 0 radical (unpaired) electrons. The molecule has 0 N–H and O–H groups in total. The van der Waals surface area contributed by atoms with E-state index >= 15 is 0 Å². The van der Waals surface area contributed by atoms with E-state index in [4.69, 9.17) is 0 Å². The Morgan fingerprint density at radius 2 is 1.50 bits per heavy atom. The molecule has 1 aliphatic carbocycles. The standard InChI is InChI=1S/C19H35N/c1-13(2)17-16(7)12-19(18(17)14(3)4)8-10-20(11-9-19)15(5)6/h13-16H,8-12H2,1-7H3. The molecule has 1 spiro atoms. The first-order chi connectivity index (χ1) is 9.28. The van der Waals surface area contributed by atoms with E-state index in [2.05, 4.69) is 53.4 Å². The summed E-state index contributed by atoms with van der Waals surface area (Å²) in [5.74, 6) is 2.26. The highest BCUT2D eigenvalue weighted by atomic mass is 15.2. The molecule has 0 bridgehead atoms. The summed E-state index contributed by atoms with van der Waals surface area (Å²) in [5.41, 5.74) is 4.19. The van der Waals surface area contributed by atoms with Gasteiger partial charge in [-0.25, -0.2) is 0 Å². The molecule has 0 aromatic carbocycles. The van der Waals surface area contributed by atoms with Crippen LogP contribution in [0.25, 0.3) is 0 Å². The van der Waals surface area contributed by atoms with Gasteiger partial charge in [-0.15, -0.1) is 0 Å². The normalized spacial score (nSPS) is 27.6. The van der Waals surface area contributed by atoms with Crippen LogP contribution in [0.2, 0.25) is 0 Å². The molecule has 0 aromatic heterocycles. The minimum absolute atomic E-state index is 0.540. The van der Waals surface area contributed by atoms with E-state index in [9.17, 15) is 0 Å². The van der Waals surface area contributed by atoms with Crippen LogP contribution >= 0.6 is 0 Å². The second kappa shape index (κ2) is 5.83. The molecule has 116 valence electrons. The van der Waals surface area contributed by atoms with Crippen molar-refractivity contribution in [1.29, 1.82) is 0 Å². The Morgan fingerprint density at radius 1 is 0.950 bits per heavy atom. The van der Waals surface area contributed by atoms with Gasteiger partial charge in [-0.3, -0.25) is 0 Å². The van der Waals surface area contributed by atoms with Gasteiger partial charge < -0.3 is 4.90 Å². The van der Waals surface area contributed by atoms with Crippen molar-refractivity contribution in [2.24, 2.45) is 23.2 Å². The van der Waals surface area contributed by atoms with Gasteiger partial charge >= 0.3 is 0 Å². The zero-order chi connectivity index (χ0) is 15.1. The van der Waals surface area contributed by atoms with Crippen LogP contribution < -0.4 is 0 Å². The second-order valence-electron chi connectivity index (χ2n) is 8.19. The molecule has 20 heavy (non-hydrogen) atoms. The number of likely N-dealkylation sites (tertiary alicyclic amines) is 1. The molecule has 1 atom stereocenters. The lowest BCUT2D eigenvalue weighted by Gasteiger charge is -2.44. The lowest BCUT2D eigenvalue weighted by atomic mass is 9.69. The van der Waals surface area contributed by atoms with Crippen LogP contribution in [0.1, 0.15) is 67.7 Å². The lowest BCUT2D eigenvalue weighted by molar-refractivity contribution is 0.0966. The third-order valence-electron chi connectivity index (χ3n) is 5.79. The first-order valence-corrected chi connectivity index (χ1v) is 8.77. The highest BCUT2D eigenvalue weighted by Crippen LogP contribution is 2.56. The number of hydrogen-bond acceptors (Lipinski definition) is 1. The van der Waals surface area contributed by atoms with Gasteiger partial charge in [0.1, 0.15) is 0 Å². The molecule has 0 saturated carbocycles. The molecule has 1 heteroatoms. The molecule has 1 saturated heterocycles. The molecule has 2 rings (SSSR count). The van der Waals surface area contributed by atoms with E-state index in [0.29, 0.717) is 11.5 Å². The largest absolute Gasteiger partial charge is 0.301 e. The maximum Gasteiger partial charge on any atom is 0.00386 e. The Bertz CT molecular complexity index is 367. The topological polar surface area (TPSA) is 3.24 Å². The Labute approximate surface area is 126 Å². The number of rotatable bonds is 3. The molecule has 1 unspecified atom stereocenters. The van der Waals surface area contributed by atoms with Crippen LogP contribution in [0.5, 0.6) is 0 Å². The summed E-state index contributed by atoms with van der Waals surface area (Å²) in [7, 11) is 0. The van der Waals surface area contributed by atoms with Gasteiger partial charge in [-0.05, 0) is 69.4 Å². The van der Waals surface area contributed by atoms with E-state index in [0.717, 1.165) is 17.8 Å². The summed E-state index contributed by atoms with van der Waals surface area (Å²) < 4.78 is 0. The maximum absolute atomic E-state index is 2.67. The molecule has 1 heterocycles. The van der Waals surface area contributed by atoms with Crippen LogP contribution in [0.15, 0.2) is 11.1 Å². The predicted molar refractivity (Wildman–Crippen MR) is 88.9 cm³/mol.